The van der Waals surface area contributed by atoms with Gasteiger partial charge in [-0.3, -0.25) is 9.69 Å². The average Bonchev–Trinajstić information content (AvgIpc) is 2.88. The molecule has 6 atom stereocenters. The van der Waals surface area contributed by atoms with Crippen LogP contribution in [0.3, 0.4) is 0 Å². The van der Waals surface area contributed by atoms with Gasteiger partial charge in [-0.05, 0) is 33.1 Å². The average molecular weight is 333 g/mol. The van der Waals surface area contributed by atoms with Crippen LogP contribution in [0.2, 0.25) is 0 Å². The van der Waals surface area contributed by atoms with Crippen molar-refractivity contribution >= 4 is 5.97 Å². The number of fused-ring (bicyclic) bond motifs is 2. The molecule has 0 N–H and O–H groups in total. The van der Waals surface area contributed by atoms with Crippen LogP contribution in [-0.2, 0) is 19.0 Å². The molecule has 1 spiro atoms. The Morgan fingerprint density at radius 3 is 2.92 bits per heavy atom. The smallest absolute Gasteiger partial charge is 0.310 e. The quantitative estimate of drug-likeness (QED) is 0.438. The van der Waals surface area contributed by atoms with E-state index in [1.54, 1.807) is 0 Å². The van der Waals surface area contributed by atoms with Crippen LogP contribution in [0.25, 0.3) is 0 Å². The normalized spacial score (nSPS) is 50.4. The highest BCUT2D eigenvalue weighted by molar-refractivity contribution is 5.76. The minimum absolute atomic E-state index is 0.00613. The molecule has 5 aliphatic rings. The van der Waals surface area contributed by atoms with E-state index in [0.717, 1.165) is 52.1 Å². The topological polar surface area (TPSA) is 51.3 Å². The van der Waals surface area contributed by atoms with E-state index in [2.05, 4.69) is 24.8 Å². The second-order valence-electron chi connectivity index (χ2n) is 8.48. The van der Waals surface area contributed by atoms with Gasteiger partial charge in [0.25, 0.3) is 0 Å². The second-order valence-corrected chi connectivity index (χ2v) is 8.48. The van der Waals surface area contributed by atoms with E-state index in [-0.39, 0.29) is 35.1 Å². The summed E-state index contributed by atoms with van der Waals surface area (Å²) in [4.78, 5) is 15.0. The fourth-order valence-electron chi connectivity index (χ4n) is 5.86. The first-order valence-electron chi connectivity index (χ1n) is 9.41. The van der Waals surface area contributed by atoms with Crippen molar-refractivity contribution in [1.29, 1.82) is 0 Å². The highest BCUT2D eigenvalue weighted by Crippen LogP contribution is 2.67. The van der Waals surface area contributed by atoms with Gasteiger partial charge in [-0.25, -0.2) is 0 Å². The van der Waals surface area contributed by atoms with Gasteiger partial charge in [0, 0.05) is 31.5 Å². The molecule has 5 heteroatoms. The number of nitrogens with zero attached hydrogens (tertiary/aromatic N) is 1. The zero-order valence-electron chi connectivity index (χ0n) is 14.6. The van der Waals surface area contributed by atoms with Crippen molar-refractivity contribution in [2.45, 2.75) is 50.4 Å². The number of rotatable bonds is 2. The highest BCUT2D eigenvalue weighted by Gasteiger charge is 2.75. The number of carbonyl (C=O) groups excluding carboxylic acids is 1. The standard InChI is InChI=1S/C19H27NO4/c1-12-3-6-19-15(12)16-13(4-5-18(19,2)24-19)14(17(21)23-16)11-20-7-9-22-10-8-20/h3,13-16H,4-11H2,1-2H3/t13-,14+,15+,16-,18-,19+/m0/s1. The molecule has 0 aromatic carbocycles. The summed E-state index contributed by atoms with van der Waals surface area (Å²) in [6.07, 6.45) is 5.37. The third kappa shape index (κ3) is 1.95. The van der Waals surface area contributed by atoms with Gasteiger partial charge in [-0.1, -0.05) is 11.6 Å². The predicted octanol–water partition coefficient (Wildman–Crippen LogP) is 1.76. The van der Waals surface area contributed by atoms with Crippen molar-refractivity contribution in [2.24, 2.45) is 17.8 Å². The molecule has 0 amide bonds. The van der Waals surface area contributed by atoms with Gasteiger partial charge in [0.2, 0.25) is 0 Å². The van der Waals surface area contributed by atoms with Crippen molar-refractivity contribution in [3.8, 4) is 0 Å². The number of hydrogen-bond donors (Lipinski definition) is 0. The molecule has 0 radical (unpaired) electrons. The molecule has 3 heterocycles. The molecule has 5 nitrogen and oxygen atoms in total. The lowest BCUT2D eigenvalue weighted by molar-refractivity contribution is -0.146. The van der Waals surface area contributed by atoms with E-state index in [4.69, 9.17) is 14.2 Å². The van der Waals surface area contributed by atoms with E-state index in [1.807, 2.05) is 0 Å². The zero-order valence-corrected chi connectivity index (χ0v) is 14.6. The van der Waals surface area contributed by atoms with Crippen LogP contribution in [-0.4, -0.2) is 61.0 Å². The molecule has 3 aliphatic heterocycles. The summed E-state index contributed by atoms with van der Waals surface area (Å²) in [6, 6.07) is 0. The molecule has 0 unspecified atom stereocenters. The zero-order chi connectivity index (χ0) is 16.5. The fraction of sp³-hybridized carbons (Fsp3) is 0.842. The number of morpholine rings is 1. The summed E-state index contributed by atoms with van der Waals surface area (Å²) >= 11 is 0. The van der Waals surface area contributed by atoms with E-state index < -0.39 is 0 Å². The fourth-order valence-corrected chi connectivity index (χ4v) is 5.86. The first-order valence-corrected chi connectivity index (χ1v) is 9.41. The van der Waals surface area contributed by atoms with Gasteiger partial charge < -0.3 is 14.2 Å². The first-order chi connectivity index (χ1) is 11.5. The molecule has 5 rings (SSSR count). The summed E-state index contributed by atoms with van der Waals surface area (Å²) < 4.78 is 17.7. The molecule has 2 aliphatic carbocycles. The van der Waals surface area contributed by atoms with Crippen molar-refractivity contribution in [3.05, 3.63) is 11.6 Å². The monoisotopic (exact) mass is 333 g/mol. The van der Waals surface area contributed by atoms with Gasteiger partial charge in [0.05, 0.1) is 24.7 Å². The molecular weight excluding hydrogens is 306 g/mol. The third-order valence-corrected chi connectivity index (χ3v) is 7.32. The van der Waals surface area contributed by atoms with Crippen LogP contribution in [0.4, 0.5) is 0 Å². The Hall–Kier alpha value is -0.910. The van der Waals surface area contributed by atoms with E-state index in [0.29, 0.717) is 5.92 Å². The maximum atomic E-state index is 12.7. The van der Waals surface area contributed by atoms with Gasteiger partial charge >= 0.3 is 5.97 Å². The Morgan fingerprint density at radius 1 is 1.33 bits per heavy atom. The lowest BCUT2D eigenvalue weighted by atomic mass is 9.77. The summed E-state index contributed by atoms with van der Waals surface area (Å²) in [5, 5.41) is 0. The number of hydrogen-bond acceptors (Lipinski definition) is 5. The largest absolute Gasteiger partial charge is 0.461 e. The van der Waals surface area contributed by atoms with Crippen LogP contribution < -0.4 is 0 Å². The molecular formula is C19H27NO4. The van der Waals surface area contributed by atoms with Gasteiger partial charge in [0.15, 0.2) is 0 Å². The minimum Gasteiger partial charge on any atom is -0.461 e. The Morgan fingerprint density at radius 2 is 2.12 bits per heavy atom. The molecule has 24 heavy (non-hydrogen) atoms. The van der Waals surface area contributed by atoms with Crippen molar-refractivity contribution in [1.82, 2.24) is 4.90 Å². The lowest BCUT2D eigenvalue weighted by Gasteiger charge is -2.31. The Kier molecular flexibility index (Phi) is 3.23. The summed E-state index contributed by atoms with van der Waals surface area (Å²) in [6.45, 7) is 8.66. The van der Waals surface area contributed by atoms with Crippen molar-refractivity contribution in [3.63, 3.8) is 0 Å². The maximum Gasteiger partial charge on any atom is 0.310 e. The molecule has 4 fully saturated rings. The van der Waals surface area contributed by atoms with Gasteiger partial charge in [0.1, 0.15) is 11.7 Å². The number of ether oxygens (including phenoxy) is 3. The third-order valence-electron chi connectivity index (χ3n) is 7.32. The first kappa shape index (κ1) is 15.4. The molecule has 132 valence electrons. The van der Waals surface area contributed by atoms with E-state index >= 15 is 0 Å². The number of epoxide rings is 1. The summed E-state index contributed by atoms with van der Waals surface area (Å²) in [5.41, 5.74) is 1.24. The maximum absolute atomic E-state index is 12.7. The minimum atomic E-state index is -0.0926. The van der Waals surface area contributed by atoms with Crippen LogP contribution in [0.1, 0.15) is 33.1 Å². The molecule has 0 bridgehead atoms. The number of carbonyl (C=O) groups is 1. The lowest BCUT2D eigenvalue weighted by Crippen LogP contribution is -2.42. The Bertz CT molecular complexity index is 598. The SMILES string of the molecule is CC1=CC[C@]23O[C@@]2(C)CC[C@@H]2[C@H](OC(=O)[C@@H]2CN2CCOCC2)[C@@H]13. The Labute approximate surface area is 143 Å². The van der Waals surface area contributed by atoms with E-state index in [9.17, 15) is 4.79 Å². The summed E-state index contributed by atoms with van der Waals surface area (Å²) in [5.74, 6) is 0.612. The van der Waals surface area contributed by atoms with Gasteiger partial charge in [-0.2, -0.15) is 0 Å². The van der Waals surface area contributed by atoms with Gasteiger partial charge in [-0.15, -0.1) is 0 Å². The van der Waals surface area contributed by atoms with Crippen LogP contribution in [0, 0.1) is 17.8 Å². The van der Waals surface area contributed by atoms with Crippen molar-refractivity contribution in [2.75, 3.05) is 32.8 Å². The molecule has 3 saturated heterocycles. The van der Waals surface area contributed by atoms with Crippen molar-refractivity contribution < 1.29 is 19.0 Å². The highest BCUT2D eigenvalue weighted by atomic mass is 16.6. The van der Waals surface area contributed by atoms with E-state index in [1.165, 1.54) is 5.57 Å². The molecule has 0 aromatic rings. The second kappa shape index (κ2) is 5.05. The van der Waals surface area contributed by atoms with Crippen LogP contribution in [0.15, 0.2) is 11.6 Å². The molecule has 0 aromatic heterocycles. The van der Waals surface area contributed by atoms with Crippen LogP contribution >= 0.6 is 0 Å². The summed E-state index contributed by atoms with van der Waals surface area (Å²) in [7, 11) is 0. The Balaban J connectivity index is 1.41. The predicted molar refractivity (Wildman–Crippen MR) is 87.4 cm³/mol. The van der Waals surface area contributed by atoms with Crippen LogP contribution in [0.5, 0.6) is 0 Å². The molecule has 1 saturated carbocycles. The number of esters is 1.